The Morgan fingerprint density at radius 3 is 3.25 bits per heavy atom. The van der Waals surface area contributed by atoms with Gasteiger partial charge >= 0.3 is 6.09 Å². The molecule has 1 unspecified atom stereocenters. The molecule has 0 saturated heterocycles. The third-order valence-corrected chi connectivity index (χ3v) is 3.14. The minimum absolute atomic E-state index is 0.0169. The summed E-state index contributed by atoms with van der Waals surface area (Å²) in [7, 11) is 1.36. The molecule has 0 aromatic carbocycles. The van der Waals surface area contributed by atoms with E-state index in [1.54, 1.807) is 6.20 Å². The Bertz CT molecular complexity index is 409. The number of alkyl carbamates (subject to hydrolysis) is 1. The highest BCUT2D eigenvalue weighted by atomic mass is 35.5. The van der Waals surface area contributed by atoms with Gasteiger partial charge in [-0.15, -0.1) is 0 Å². The molecule has 16 heavy (non-hydrogen) atoms. The fourth-order valence-electron chi connectivity index (χ4n) is 2.04. The highest BCUT2D eigenvalue weighted by Gasteiger charge is 2.23. The number of nitrogens with zero attached hydrogens (tertiary/aromatic N) is 1. The molecule has 4 nitrogen and oxygen atoms in total. The number of pyridine rings is 1. The van der Waals surface area contributed by atoms with Crippen LogP contribution in [-0.2, 0) is 11.2 Å². The minimum atomic E-state index is -0.411. The Morgan fingerprint density at radius 2 is 2.50 bits per heavy atom. The van der Waals surface area contributed by atoms with Gasteiger partial charge in [-0.2, -0.15) is 0 Å². The molecule has 1 aromatic rings. The number of methoxy groups -OCH3 is 1. The van der Waals surface area contributed by atoms with Crippen molar-refractivity contribution in [3.05, 3.63) is 28.5 Å². The quantitative estimate of drug-likeness (QED) is 0.768. The summed E-state index contributed by atoms with van der Waals surface area (Å²) in [5.74, 6) is 0. The maximum absolute atomic E-state index is 11.2. The van der Waals surface area contributed by atoms with Crippen LogP contribution in [0, 0.1) is 0 Å². The van der Waals surface area contributed by atoms with Gasteiger partial charge in [0, 0.05) is 6.20 Å². The maximum Gasteiger partial charge on any atom is 0.407 e. The molecular formula is C11H13ClN2O2. The Kier molecular flexibility index (Phi) is 3.29. The van der Waals surface area contributed by atoms with E-state index in [-0.39, 0.29) is 6.04 Å². The van der Waals surface area contributed by atoms with E-state index in [0.717, 1.165) is 30.4 Å². The third kappa shape index (κ3) is 2.11. The summed E-state index contributed by atoms with van der Waals surface area (Å²) in [5.41, 5.74) is 2.09. The molecule has 1 amide bonds. The zero-order chi connectivity index (χ0) is 11.5. The molecule has 5 heteroatoms. The van der Waals surface area contributed by atoms with Crippen LogP contribution in [0.4, 0.5) is 4.79 Å². The first-order chi connectivity index (χ1) is 7.72. The molecule has 1 N–H and O–H groups in total. The van der Waals surface area contributed by atoms with Gasteiger partial charge < -0.3 is 10.1 Å². The molecule has 1 aliphatic carbocycles. The molecule has 1 atom stereocenters. The van der Waals surface area contributed by atoms with Crippen molar-refractivity contribution in [2.24, 2.45) is 0 Å². The van der Waals surface area contributed by atoms with Crippen molar-refractivity contribution < 1.29 is 9.53 Å². The van der Waals surface area contributed by atoms with Gasteiger partial charge in [-0.25, -0.2) is 9.78 Å². The lowest BCUT2D eigenvalue weighted by Crippen LogP contribution is -2.30. The summed E-state index contributed by atoms with van der Waals surface area (Å²) in [5, 5.41) is 3.34. The maximum atomic E-state index is 11.2. The molecule has 0 bridgehead atoms. The van der Waals surface area contributed by atoms with E-state index in [2.05, 4.69) is 15.0 Å². The van der Waals surface area contributed by atoms with Crippen molar-refractivity contribution in [3.63, 3.8) is 0 Å². The highest BCUT2D eigenvalue weighted by molar-refractivity contribution is 6.30. The highest BCUT2D eigenvalue weighted by Crippen LogP contribution is 2.32. The first-order valence-corrected chi connectivity index (χ1v) is 5.58. The first-order valence-electron chi connectivity index (χ1n) is 5.20. The smallest absolute Gasteiger partial charge is 0.407 e. The molecule has 0 radical (unpaired) electrons. The van der Waals surface area contributed by atoms with Gasteiger partial charge in [0.05, 0.1) is 13.2 Å². The lowest BCUT2D eigenvalue weighted by molar-refractivity contribution is 0.165. The van der Waals surface area contributed by atoms with Crippen LogP contribution in [0.15, 0.2) is 12.3 Å². The van der Waals surface area contributed by atoms with E-state index in [1.807, 2.05) is 6.07 Å². The first kappa shape index (κ1) is 11.2. The van der Waals surface area contributed by atoms with E-state index < -0.39 is 6.09 Å². The van der Waals surface area contributed by atoms with Gasteiger partial charge in [-0.1, -0.05) is 11.6 Å². The van der Waals surface area contributed by atoms with Crippen LogP contribution < -0.4 is 5.32 Å². The van der Waals surface area contributed by atoms with Crippen molar-refractivity contribution in [3.8, 4) is 0 Å². The summed E-state index contributed by atoms with van der Waals surface area (Å²) >= 11 is 6.02. The molecule has 1 aromatic heterocycles. The monoisotopic (exact) mass is 240 g/mol. The Hall–Kier alpha value is -1.29. The fraction of sp³-hybridized carbons (Fsp3) is 0.455. The Balaban J connectivity index is 2.26. The minimum Gasteiger partial charge on any atom is -0.453 e. The Labute approximate surface area is 99.0 Å². The number of nitrogens with one attached hydrogen (secondary N) is 1. The number of amides is 1. The number of carbonyl (C=O) groups excluding carboxylic acids is 1. The number of halogens is 1. The average Bonchev–Trinajstić information content (AvgIpc) is 2.30. The van der Waals surface area contributed by atoms with E-state index in [0.29, 0.717) is 5.15 Å². The lowest BCUT2D eigenvalue weighted by Gasteiger charge is -2.25. The predicted octanol–water partition coefficient (Wildman–Crippen LogP) is 2.47. The molecule has 86 valence electrons. The molecule has 0 fully saturated rings. The molecule has 1 heterocycles. The standard InChI is InChI=1S/C11H13ClN2O2/c1-16-11(15)14-9-4-2-3-8-7(9)5-6-13-10(8)12/h5-6,9H,2-4H2,1H3,(H,14,15). The topological polar surface area (TPSA) is 51.2 Å². The molecule has 0 spiro atoms. The molecule has 0 saturated carbocycles. The number of aromatic nitrogens is 1. The van der Waals surface area contributed by atoms with Gasteiger partial charge in [-0.05, 0) is 36.5 Å². The second-order valence-electron chi connectivity index (χ2n) is 3.75. The molecular weight excluding hydrogens is 228 g/mol. The molecule has 2 rings (SSSR count). The molecule has 0 aliphatic heterocycles. The van der Waals surface area contributed by atoms with Crippen LogP contribution in [-0.4, -0.2) is 18.2 Å². The number of ether oxygens (including phenoxy) is 1. The molecule has 1 aliphatic rings. The number of fused-ring (bicyclic) bond motifs is 1. The third-order valence-electron chi connectivity index (χ3n) is 2.81. The number of carbonyl (C=O) groups is 1. The number of rotatable bonds is 1. The summed E-state index contributed by atoms with van der Waals surface area (Å²) in [6.07, 6.45) is 4.07. The van der Waals surface area contributed by atoms with Crippen LogP contribution in [0.5, 0.6) is 0 Å². The van der Waals surface area contributed by atoms with Crippen LogP contribution in [0.3, 0.4) is 0 Å². The summed E-state index contributed by atoms with van der Waals surface area (Å²) in [6.45, 7) is 0. The number of hydrogen-bond donors (Lipinski definition) is 1. The lowest BCUT2D eigenvalue weighted by atomic mass is 9.89. The largest absolute Gasteiger partial charge is 0.453 e. The second-order valence-corrected chi connectivity index (χ2v) is 4.11. The summed E-state index contributed by atoms with van der Waals surface area (Å²) in [6, 6.07) is 1.89. The van der Waals surface area contributed by atoms with E-state index in [9.17, 15) is 4.79 Å². The van der Waals surface area contributed by atoms with Crippen LogP contribution in [0.25, 0.3) is 0 Å². The second kappa shape index (κ2) is 4.70. The van der Waals surface area contributed by atoms with Crippen molar-refractivity contribution in [2.75, 3.05) is 7.11 Å². The average molecular weight is 241 g/mol. The Morgan fingerprint density at radius 1 is 1.69 bits per heavy atom. The van der Waals surface area contributed by atoms with Crippen molar-refractivity contribution in [1.29, 1.82) is 0 Å². The fourth-order valence-corrected chi connectivity index (χ4v) is 2.30. The van der Waals surface area contributed by atoms with E-state index >= 15 is 0 Å². The van der Waals surface area contributed by atoms with Crippen LogP contribution >= 0.6 is 11.6 Å². The van der Waals surface area contributed by atoms with Crippen molar-refractivity contribution in [2.45, 2.75) is 25.3 Å². The van der Waals surface area contributed by atoms with Crippen LogP contribution in [0.2, 0.25) is 5.15 Å². The summed E-state index contributed by atoms with van der Waals surface area (Å²) < 4.78 is 4.60. The van der Waals surface area contributed by atoms with Crippen LogP contribution in [0.1, 0.15) is 30.0 Å². The van der Waals surface area contributed by atoms with E-state index in [1.165, 1.54) is 7.11 Å². The van der Waals surface area contributed by atoms with Gasteiger partial charge in [0.25, 0.3) is 0 Å². The van der Waals surface area contributed by atoms with Gasteiger partial charge in [0.2, 0.25) is 0 Å². The van der Waals surface area contributed by atoms with Gasteiger partial charge in [0.1, 0.15) is 5.15 Å². The number of hydrogen-bond acceptors (Lipinski definition) is 3. The predicted molar refractivity (Wildman–Crippen MR) is 60.5 cm³/mol. The van der Waals surface area contributed by atoms with Gasteiger partial charge in [0.15, 0.2) is 0 Å². The van der Waals surface area contributed by atoms with Gasteiger partial charge in [-0.3, -0.25) is 0 Å². The summed E-state index contributed by atoms with van der Waals surface area (Å²) in [4.78, 5) is 15.2. The zero-order valence-corrected chi connectivity index (χ0v) is 9.75. The van der Waals surface area contributed by atoms with E-state index in [4.69, 9.17) is 11.6 Å². The normalized spacial score (nSPS) is 18.8. The van der Waals surface area contributed by atoms with Crippen molar-refractivity contribution in [1.82, 2.24) is 10.3 Å². The zero-order valence-electron chi connectivity index (χ0n) is 9.00. The SMILES string of the molecule is COC(=O)NC1CCCc2c1ccnc2Cl. The van der Waals surface area contributed by atoms with Crippen molar-refractivity contribution >= 4 is 17.7 Å².